The van der Waals surface area contributed by atoms with Gasteiger partial charge in [-0.3, -0.25) is 14.5 Å². The second-order valence-corrected chi connectivity index (χ2v) is 3.40. The Morgan fingerprint density at radius 1 is 1.29 bits per heavy atom. The first-order valence-electron chi connectivity index (χ1n) is 4.53. The molecule has 5 nitrogen and oxygen atoms in total. The first-order valence-corrected chi connectivity index (χ1v) is 4.53. The number of carbonyl (C=O) groups is 2. The number of carbonyl (C=O) groups excluding carboxylic acids is 2. The number of hydrogen-bond donors (Lipinski definition) is 2. The van der Waals surface area contributed by atoms with Crippen molar-refractivity contribution in [2.75, 3.05) is 6.54 Å². The normalized spacial score (nSPS) is 27.4. The van der Waals surface area contributed by atoms with E-state index in [9.17, 15) is 9.59 Å². The summed E-state index contributed by atoms with van der Waals surface area (Å²) in [5.41, 5.74) is 10.4. The molecule has 2 atom stereocenters. The molecule has 0 aromatic rings. The number of amides is 2. The summed E-state index contributed by atoms with van der Waals surface area (Å²) in [4.78, 5) is 23.8. The van der Waals surface area contributed by atoms with E-state index in [1.54, 1.807) is 11.0 Å². The second-order valence-electron chi connectivity index (χ2n) is 3.40. The zero-order valence-corrected chi connectivity index (χ0v) is 7.98. The van der Waals surface area contributed by atoms with Crippen LogP contribution < -0.4 is 11.5 Å². The van der Waals surface area contributed by atoms with Crippen molar-refractivity contribution in [1.29, 1.82) is 0 Å². The van der Waals surface area contributed by atoms with Crippen LogP contribution in [0.4, 0.5) is 0 Å². The van der Waals surface area contributed by atoms with Crippen LogP contribution in [-0.4, -0.2) is 35.3 Å². The van der Waals surface area contributed by atoms with E-state index in [0.717, 1.165) is 0 Å². The van der Waals surface area contributed by atoms with Gasteiger partial charge in [-0.2, -0.15) is 0 Å². The van der Waals surface area contributed by atoms with Gasteiger partial charge in [0.1, 0.15) is 0 Å². The first-order chi connectivity index (χ1) is 6.57. The molecule has 2 amide bonds. The van der Waals surface area contributed by atoms with Crippen molar-refractivity contribution in [3.8, 4) is 0 Å². The van der Waals surface area contributed by atoms with Crippen molar-refractivity contribution in [3.05, 3.63) is 12.7 Å². The Morgan fingerprint density at radius 3 is 2.00 bits per heavy atom. The third kappa shape index (κ3) is 1.93. The molecule has 1 fully saturated rings. The van der Waals surface area contributed by atoms with Crippen LogP contribution in [0.15, 0.2) is 12.7 Å². The van der Waals surface area contributed by atoms with Gasteiger partial charge in [0.25, 0.3) is 0 Å². The molecule has 14 heavy (non-hydrogen) atoms. The highest BCUT2D eigenvalue weighted by Crippen LogP contribution is 2.23. The van der Waals surface area contributed by atoms with E-state index in [4.69, 9.17) is 11.5 Å². The van der Waals surface area contributed by atoms with Gasteiger partial charge >= 0.3 is 0 Å². The molecule has 0 bridgehead atoms. The topological polar surface area (TPSA) is 89.4 Å². The Morgan fingerprint density at radius 2 is 1.71 bits per heavy atom. The van der Waals surface area contributed by atoms with Crippen molar-refractivity contribution in [3.63, 3.8) is 0 Å². The average molecular weight is 197 g/mol. The molecular formula is C9H15N3O2. The average Bonchev–Trinajstić information content (AvgIpc) is 2.48. The molecule has 5 heteroatoms. The van der Waals surface area contributed by atoms with Gasteiger partial charge in [-0.25, -0.2) is 0 Å². The summed E-state index contributed by atoms with van der Waals surface area (Å²) in [7, 11) is 0. The fourth-order valence-corrected chi connectivity index (χ4v) is 1.88. The smallest absolute Gasteiger partial charge is 0.234 e. The molecule has 1 aliphatic rings. The number of hydrogen-bond acceptors (Lipinski definition) is 3. The van der Waals surface area contributed by atoms with Gasteiger partial charge in [-0.1, -0.05) is 6.08 Å². The molecule has 0 aromatic heterocycles. The van der Waals surface area contributed by atoms with Crippen molar-refractivity contribution in [1.82, 2.24) is 4.90 Å². The van der Waals surface area contributed by atoms with Crippen LogP contribution in [0.25, 0.3) is 0 Å². The highest BCUT2D eigenvalue weighted by Gasteiger charge is 2.38. The lowest BCUT2D eigenvalue weighted by molar-refractivity contribution is -0.125. The maximum Gasteiger partial charge on any atom is 0.234 e. The standard InChI is InChI=1S/C9H15N3O2/c1-2-5-12-6(8(10)13)3-4-7(12)9(11)14/h2,6-7H,1,3-5H2,(H2,10,13)(H2,11,14)/t6-,7-/m0/s1. The summed E-state index contributed by atoms with van der Waals surface area (Å²) >= 11 is 0. The molecule has 1 rings (SSSR count). The van der Waals surface area contributed by atoms with Crippen molar-refractivity contribution in [2.24, 2.45) is 11.5 Å². The van der Waals surface area contributed by atoms with Crippen LogP contribution in [0.2, 0.25) is 0 Å². The molecule has 1 heterocycles. The Kier molecular flexibility index (Phi) is 3.24. The van der Waals surface area contributed by atoms with Gasteiger partial charge in [0.05, 0.1) is 12.1 Å². The number of nitrogens with two attached hydrogens (primary N) is 2. The SMILES string of the molecule is C=CCN1[C@H](C(N)=O)CC[C@H]1C(N)=O. The second kappa shape index (κ2) is 4.23. The highest BCUT2D eigenvalue weighted by molar-refractivity contribution is 5.85. The molecule has 78 valence electrons. The molecule has 0 spiro atoms. The fraction of sp³-hybridized carbons (Fsp3) is 0.556. The lowest BCUT2D eigenvalue weighted by Gasteiger charge is -2.24. The summed E-state index contributed by atoms with van der Waals surface area (Å²) < 4.78 is 0. The van der Waals surface area contributed by atoms with Gasteiger partial charge in [0.15, 0.2) is 0 Å². The van der Waals surface area contributed by atoms with Crippen molar-refractivity contribution < 1.29 is 9.59 Å². The Hall–Kier alpha value is -1.36. The lowest BCUT2D eigenvalue weighted by Crippen LogP contribution is -2.48. The molecule has 0 saturated carbocycles. The maximum atomic E-state index is 11.0. The zero-order valence-electron chi connectivity index (χ0n) is 7.98. The van der Waals surface area contributed by atoms with Crippen LogP contribution in [0, 0.1) is 0 Å². The van der Waals surface area contributed by atoms with E-state index >= 15 is 0 Å². The molecule has 4 N–H and O–H groups in total. The van der Waals surface area contributed by atoms with Crippen LogP contribution >= 0.6 is 0 Å². The van der Waals surface area contributed by atoms with E-state index in [1.165, 1.54) is 0 Å². The van der Waals surface area contributed by atoms with Gasteiger partial charge in [-0.15, -0.1) is 6.58 Å². The van der Waals surface area contributed by atoms with Crippen molar-refractivity contribution in [2.45, 2.75) is 24.9 Å². The minimum absolute atomic E-state index is 0.384. The van der Waals surface area contributed by atoms with E-state index in [1.807, 2.05) is 0 Å². The molecule has 1 aliphatic heterocycles. The van der Waals surface area contributed by atoms with Crippen LogP contribution in [0.5, 0.6) is 0 Å². The molecule has 0 aliphatic carbocycles. The maximum absolute atomic E-state index is 11.0. The van der Waals surface area contributed by atoms with E-state index in [-0.39, 0.29) is 12.1 Å². The van der Waals surface area contributed by atoms with Crippen molar-refractivity contribution >= 4 is 11.8 Å². The summed E-state index contributed by atoms with van der Waals surface area (Å²) in [6, 6.07) is -0.768. The molecule has 0 unspecified atom stereocenters. The number of rotatable bonds is 4. The molecular weight excluding hydrogens is 182 g/mol. The predicted molar refractivity (Wildman–Crippen MR) is 52.1 cm³/mol. The van der Waals surface area contributed by atoms with Crippen LogP contribution in [0.3, 0.4) is 0 Å². The minimum atomic E-state index is -0.407. The van der Waals surface area contributed by atoms with E-state index in [2.05, 4.69) is 6.58 Å². The summed E-state index contributed by atoms with van der Waals surface area (Å²) in [5.74, 6) is -0.814. The Balaban J connectivity index is 2.78. The van der Waals surface area contributed by atoms with E-state index < -0.39 is 11.8 Å². The van der Waals surface area contributed by atoms with Gasteiger partial charge in [-0.05, 0) is 12.8 Å². The summed E-state index contributed by atoms with van der Waals surface area (Å²) in [6.07, 6.45) is 2.82. The summed E-state index contributed by atoms with van der Waals surface area (Å²) in [5, 5.41) is 0. The summed E-state index contributed by atoms with van der Waals surface area (Å²) in [6.45, 7) is 4.03. The quantitative estimate of drug-likeness (QED) is 0.565. The molecule has 0 aromatic carbocycles. The molecule has 1 saturated heterocycles. The predicted octanol–water partition coefficient (Wildman–Crippen LogP) is -1.02. The lowest BCUT2D eigenvalue weighted by atomic mass is 10.2. The number of primary amides is 2. The zero-order chi connectivity index (χ0) is 10.7. The highest BCUT2D eigenvalue weighted by atomic mass is 16.2. The van der Waals surface area contributed by atoms with Gasteiger partial charge < -0.3 is 11.5 Å². The monoisotopic (exact) mass is 197 g/mol. The number of likely N-dealkylation sites (tertiary alicyclic amines) is 1. The minimum Gasteiger partial charge on any atom is -0.368 e. The van der Waals surface area contributed by atoms with Crippen LogP contribution in [0.1, 0.15) is 12.8 Å². The first kappa shape index (κ1) is 10.7. The third-order valence-corrected chi connectivity index (χ3v) is 2.51. The van der Waals surface area contributed by atoms with Gasteiger partial charge in [0, 0.05) is 6.54 Å². The molecule has 0 radical (unpaired) electrons. The third-order valence-electron chi connectivity index (χ3n) is 2.51. The van der Waals surface area contributed by atoms with Crippen LogP contribution in [-0.2, 0) is 9.59 Å². The Labute approximate surface area is 82.7 Å². The fourth-order valence-electron chi connectivity index (χ4n) is 1.88. The largest absolute Gasteiger partial charge is 0.368 e. The van der Waals surface area contributed by atoms with Gasteiger partial charge in [0.2, 0.25) is 11.8 Å². The van der Waals surface area contributed by atoms with E-state index in [0.29, 0.717) is 19.4 Å². The Bertz CT molecular complexity index is 243. The number of nitrogens with zero attached hydrogens (tertiary/aromatic N) is 1.